The maximum Gasteiger partial charge on any atom is 0.498 e. The van der Waals surface area contributed by atoms with Gasteiger partial charge in [0.2, 0.25) is 0 Å². The number of alkyl halides is 3. The van der Waals surface area contributed by atoms with E-state index in [0.29, 0.717) is 0 Å². The number of hydrogen-bond acceptors (Lipinski definition) is 3. The molecule has 0 saturated heterocycles. The van der Waals surface area contributed by atoms with Crippen LogP contribution in [0.3, 0.4) is 0 Å². The fourth-order valence-corrected chi connectivity index (χ4v) is 3.19. The average molecular weight is 254 g/mol. The second-order valence-corrected chi connectivity index (χ2v) is 6.35. The van der Waals surface area contributed by atoms with Crippen molar-refractivity contribution in [1.82, 2.24) is 0 Å². The first kappa shape index (κ1) is 13.6. The molecule has 1 atom stereocenters. The Kier molecular flexibility index (Phi) is 3.55. The van der Waals surface area contributed by atoms with Gasteiger partial charge in [-0.15, -0.1) is 6.58 Å². The monoisotopic (exact) mass is 254 g/mol. The summed E-state index contributed by atoms with van der Waals surface area (Å²) in [4.78, 5) is 13.7. The Bertz CT molecular complexity index is 365. The van der Waals surface area contributed by atoms with E-state index in [-0.39, 0.29) is 6.08 Å². The molecule has 0 fully saturated rings. The number of hydrogen-bond donors (Lipinski definition) is 2. The van der Waals surface area contributed by atoms with Crippen LogP contribution in [0.2, 0.25) is 0 Å². The van der Waals surface area contributed by atoms with Gasteiger partial charge in [-0.1, -0.05) is 6.08 Å². The summed E-state index contributed by atoms with van der Waals surface area (Å²) in [6, 6.07) is 0. The Labute approximate surface area is 77.3 Å². The van der Waals surface area contributed by atoms with Gasteiger partial charge in [0.25, 0.3) is 9.84 Å². The highest BCUT2D eigenvalue weighted by Gasteiger charge is 2.55. The third-order valence-electron chi connectivity index (χ3n) is 1.17. The van der Waals surface area contributed by atoms with E-state index in [1.165, 1.54) is 0 Å². The predicted octanol–water partition coefficient (Wildman–Crippen LogP) is 0.611. The van der Waals surface area contributed by atoms with Crippen molar-refractivity contribution in [3.8, 4) is 0 Å². The maximum atomic E-state index is 11.8. The van der Waals surface area contributed by atoms with Crippen molar-refractivity contribution in [2.24, 2.45) is 0 Å². The molecular formula is C4H6F3O5PS. The van der Waals surface area contributed by atoms with Crippen LogP contribution in [0.4, 0.5) is 13.2 Å². The summed E-state index contributed by atoms with van der Waals surface area (Å²) in [7, 11) is -11.3. The van der Waals surface area contributed by atoms with E-state index in [0.717, 1.165) is 0 Å². The summed E-state index contributed by atoms with van der Waals surface area (Å²) in [5, 5.41) is 0. The molecule has 2 N–H and O–H groups in total. The molecule has 84 valence electrons. The highest BCUT2D eigenvalue weighted by Crippen LogP contribution is 2.48. The Morgan fingerprint density at radius 1 is 1.36 bits per heavy atom. The highest BCUT2D eigenvalue weighted by atomic mass is 32.2. The molecule has 0 spiro atoms. The smallest absolute Gasteiger partial charge is 0.323 e. The van der Waals surface area contributed by atoms with Crippen LogP contribution >= 0.6 is 7.60 Å². The molecule has 0 aliphatic heterocycles. The van der Waals surface area contributed by atoms with Crippen LogP contribution in [0.15, 0.2) is 12.7 Å². The van der Waals surface area contributed by atoms with Gasteiger partial charge in [-0.3, -0.25) is 4.57 Å². The molecule has 0 saturated carbocycles. The second-order valence-electron chi connectivity index (χ2n) is 2.21. The summed E-state index contributed by atoms with van der Waals surface area (Å²) in [5.74, 6) is 0. The molecule has 0 aliphatic carbocycles. The van der Waals surface area contributed by atoms with Crippen molar-refractivity contribution in [2.45, 2.75) is 10.5 Å². The zero-order valence-electron chi connectivity index (χ0n) is 6.47. The first-order valence-corrected chi connectivity index (χ1v) is 6.15. The van der Waals surface area contributed by atoms with Crippen molar-refractivity contribution >= 4 is 17.4 Å². The Morgan fingerprint density at radius 3 is 1.79 bits per heavy atom. The molecule has 0 aromatic rings. The molecule has 1 unspecified atom stereocenters. The van der Waals surface area contributed by atoms with Crippen LogP contribution in [0.5, 0.6) is 0 Å². The molecule has 0 bridgehead atoms. The van der Waals surface area contributed by atoms with E-state index in [9.17, 15) is 26.2 Å². The van der Waals surface area contributed by atoms with Gasteiger partial charge in [-0.05, 0) is 0 Å². The molecule has 0 aromatic heterocycles. The Hall–Kier alpha value is -0.370. The highest BCUT2D eigenvalue weighted by molar-refractivity contribution is 7.99. The van der Waals surface area contributed by atoms with Gasteiger partial charge in [-0.2, -0.15) is 13.2 Å². The zero-order chi connectivity index (χ0) is 11.8. The van der Waals surface area contributed by atoms with Crippen LogP contribution in [0.25, 0.3) is 0 Å². The number of halogens is 3. The van der Waals surface area contributed by atoms with Gasteiger partial charge in [0.1, 0.15) is 0 Å². The van der Waals surface area contributed by atoms with Gasteiger partial charge < -0.3 is 9.79 Å². The molecule has 0 rings (SSSR count). The maximum absolute atomic E-state index is 11.8. The second kappa shape index (κ2) is 3.65. The standard InChI is InChI=1S/C4H6F3O5PS/c1-2-3(13(8,9)10)14(11,12)4(5,6)7/h2-3H,1H2,(H2,8,9,10). The molecule has 0 aromatic carbocycles. The van der Waals surface area contributed by atoms with E-state index in [1.807, 2.05) is 0 Å². The lowest BCUT2D eigenvalue weighted by atomic mass is 10.8. The summed E-state index contributed by atoms with van der Waals surface area (Å²) < 4.78 is 66.9. The Morgan fingerprint density at radius 2 is 1.71 bits per heavy atom. The van der Waals surface area contributed by atoms with Crippen molar-refractivity contribution in [1.29, 1.82) is 0 Å². The minimum Gasteiger partial charge on any atom is -0.323 e. The fourth-order valence-electron chi connectivity index (χ4n) is 0.582. The van der Waals surface area contributed by atoms with Crippen LogP contribution in [-0.4, -0.2) is 28.7 Å². The summed E-state index contributed by atoms with van der Waals surface area (Å²) in [6.07, 6.45) is 0.0591. The molecule has 10 heteroatoms. The molecule has 0 amide bonds. The quantitative estimate of drug-likeness (QED) is 0.568. The largest absolute Gasteiger partial charge is 0.498 e. The van der Waals surface area contributed by atoms with Gasteiger partial charge in [0.15, 0.2) is 4.99 Å². The molecular weight excluding hydrogens is 248 g/mol. The van der Waals surface area contributed by atoms with E-state index in [2.05, 4.69) is 6.58 Å². The predicted molar refractivity (Wildman–Crippen MR) is 41.0 cm³/mol. The van der Waals surface area contributed by atoms with E-state index < -0.39 is 27.9 Å². The van der Waals surface area contributed by atoms with Gasteiger partial charge in [-0.25, -0.2) is 8.42 Å². The van der Waals surface area contributed by atoms with Crippen molar-refractivity contribution in [3.63, 3.8) is 0 Å². The van der Waals surface area contributed by atoms with Crippen molar-refractivity contribution in [2.75, 3.05) is 0 Å². The summed E-state index contributed by atoms with van der Waals surface area (Å²) in [6.45, 7) is 2.64. The van der Waals surface area contributed by atoms with Crippen LogP contribution < -0.4 is 0 Å². The minimum atomic E-state index is -5.93. The van der Waals surface area contributed by atoms with Gasteiger partial charge in [0, 0.05) is 0 Å². The zero-order valence-corrected chi connectivity index (χ0v) is 8.18. The van der Waals surface area contributed by atoms with Gasteiger partial charge in [0.05, 0.1) is 0 Å². The Balaban J connectivity index is 5.51. The average Bonchev–Trinajstić information content (AvgIpc) is 1.80. The van der Waals surface area contributed by atoms with E-state index in [4.69, 9.17) is 9.79 Å². The summed E-state index contributed by atoms with van der Waals surface area (Å²) in [5.41, 5.74) is -5.72. The molecule has 0 aliphatic rings. The number of sulfone groups is 1. The molecule has 0 radical (unpaired) electrons. The van der Waals surface area contributed by atoms with Crippen LogP contribution in [-0.2, 0) is 14.4 Å². The molecule has 5 nitrogen and oxygen atoms in total. The van der Waals surface area contributed by atoms with E-state index >= 15 is 0 Å². The third kappa shape index (κ3) is 2.57. The minimum absolute atomic E-state index is 0.0591. The van der Waals surface area contributed by atoms with Crippen molar-refractivity contribution < 1.29 is 35.9 Å². The van der Waals surface area contributed by atoms with Crippen LogP contribution in [0.1, 0.15) is 0 Å². The third-order valence-corrected chi connectivity index (χ3v) is 5.18. The lowest BCUT2D eigenvalue weighted by Crippen LogP contribution is -2.32. The topological polar surface area (TPSA) is 91.7 Å². The van der Waals surface area contributed by atoms with Gasteiger partial charge >= 0.3 is 13.1 Å². The van der Waals surface area contributed by atoms with E-state index in [1.54, 1.807) is 0 Å². The first-order chi connectivity index (χ1) is 5.94. The normalized spacial score (nSPS) is 16.4. The first-order valence-electron chi connectivity index (χ1n) is 2.92. The molecule has 0 heterocycles. The summed E-state index contributed by atoms with van der Waals surface area (Å²) >= 11 is 0. The van der Waals surface area contributed by atoms with Crippen LogP contribution in [0, 0.1) is 0 Å². The fraction of sp³-hybridized carbons (Fsp3) is 0.500. The SMILES string of the molecule is C=CC(P(=O)(O)O)S(=O)(=O)C(F)(F)F. The lowest BCUT2D eigenvalue weighted by molar-refractivity contribution is -0.0437. The van der Waals surface area contributed by atoms with Crippen molar-refractivity contribution in [3.05, 3.63) is 12.7 Å². The number of rotatable bonds is 3. The molecule has 14 heavy (non-hydrogen) atoms. The lowest BCUT2D eigenvalue weighted by Gasteiger charge is -2.16.